The van der Waals surface area contributed by atoms with Crippen LogP contribution in [0.5, 0.6) is 5.75 Å². The van der Waals surface area contributed by atoms with Crippen LogP contribution in [0.2, 0.25) is 0 Å². The van der Waals surface area contributed by atoms with Crippen molar-refractivity contribution in [1.82, 2.24) is 0 Å². The largest absolute Gasteiger partial charge is 0.497 e. The van der Waals surface area contributed by atoms with Crippen molar-refractivity contribution < 1.29 is 9.53 Å². The van der Waals surface area contributed by atoms with E-state index in [0.717, 1.165) is 29.2 Å². The monoisotopic (exact) mass is 355 g/mol. The van der Waals surface area contributed by atoms with Crippen LogP contribution in [0, 0.1) is 5.92 Å². The molecule has 4 heteroatoms. The number of methoxy groups -OCH3 is 1. The van der Waals surface area contributed by atoms with Gasteiger partial charge in [-0.15, -0.1) is 11.3 Å². The molecule has 0 aliphatic heterocycles. The molecule has 25 heavy (non-hydrogen) atoms. The molecule has 0 saturated heterocycles. The Balaban J connectivity index is 1.66. The Morgan fingerprint density at radius 1 is 1.20 bits per heavy atom. The van der Waals surface area contributed by atoms with Gasteiger partial charge in [0.15, 0.2) is 0 Å². The third kappa shape index (κ3) is 3.32. The predicted octanol–water partition coefficient (Wildman–Crippen LogP) is 5.08. The van der Waals surface area contributed by atoms with Crippen molar-refractivity contribution in [3.63, 3.8) is 0 Å². The summed E-state index contributed by atoms with van der Waals surface area (Å²) in [4.78, 5) is 17.7. The predicted molar refractivity (Wildman–Crippen MR) is 103 cm³/mol. The zero-order valence-corrected chi connectivity index (χ0v) is 15.8. The van der Waals surface area contributed by atoms with E-state index in [0.29, 0.717) is 5.92 Å². The molecule has 4 rings (SSSR count). The Labute approximate surface area is 153 Å². The topological polar surface area (TPSA) is 29.5 Å². The lowest BCUT2D eigenvalue weighted by atomic mass is 9.99. The first-order chi connectivity index (χ1) is 12.2. The van der Waals surface area contributed by atoms with Gasteiger partial charge in [0.2, 0.25) is 0 Å². The zero-order valence-electron chi connectivity index (χ0n) is 15.0. The smallest absolute Gasteiger partial charge is 0.268 e. The fraction of sp³-hybridized carbons (Fsp3) is 0.476. The highest BCUT2D eigenvalue weighted by Crippen LogP contribution is 2.39. The number of carbonyl (C=O) groups is 1. The SMILES string of the molecule is COc1ccc(N(C(=O)c2cc3c(s2)CCCC3)C(C)C2CC2)cc1. The molecule has 1 saturated carbocycles. The van der Waals surface area contributed by atoms with Gasteiger partial charge in [-0.2, -0.15) is 0 Å². The Bertz CT molecular complexity index is 737. The minimum Gasteiger partial charge on any atom is -0.497 e. The van der Waals surface area contributed by atoms with Gasteiger partial charge in [-0.3, -0.25) is 4.79 Å². The Hall–Kier alpha value is -1.81. The molecule has 0 N–H and O–H groups in total. The maximum absolute atomic E-state index is 13.4. The number of hydrogen-bond acceptors (Lipinski definition) is 3. The fourth-order valence-electron chi connectivity index (χ4n) is 3.78. The Morgan fingerprint density at radius 2 is 1.92 bits per heavy atom. The van der Waals surface area contributed by atoms with E-state index in [2.05, 4.69) is 13.0 Å². The zero-order chi connectivity index (χ0) is 17.4. The van der Waals surface area contributed by atoms with Gasteiger partial charge in [-0.25, -0.2) is 0 Å². The minimum atomic E-state index is 0.156. The molecule has 1 fully saturated rings. The van der Waals surface area contributed by atoms with Crippen LogP contribution in [0.1, 0.15) is 52.7 Å². The van der Waals surface area contributed by atoms with Crippen molar-refractivity contribution in [3.8, 4) is 5.75 Å². The number of ether oxygens (including phenoxy) is 1. The van der Waals surface area contributed by atoms with Gasteiger partial charge in [0.25, 0.3) is 5.91 Å². The lowest BCUT2D eigenvalue weighted by Gasteiger charge is -2.29. The number of nitrogens with zero attached hydrogens (tertiary/aromatic N) is 1. The van der Waals surface area contributed by atoms with Gasteiger partial charge < -0.3 is 9.64 Å². The highest BCUT2D eigenvalue weighted by Gasteiger charge is 2.36. The van der Waals surface area contributed by atoms with Crippen LogP contribution in [-0.4, -0.2) is 19.1 Å². The average molecular weight is 356 g/mol. The molecule has 132 valence electrons. The van der Waals surface area contributed by atoms with Crippen LogP contribution in [-0.2, 0) is 12.8 Å². The number of hydrogen-bond donors (Lipinski definition) is 0. The number of rotatable bonds is 5. The second-order valence-electron chi connectivity index (χ2n) is 7.22. The summed E-state index contributed by atoms with van der Waals surface area (Å²) in [5.74, 6) is 1.60. The second kappa shape index (κ2) is 6.83. The molecular weight excluding hydrogens is 330 g/mol. The van der Waals surface area contributed by atoms with Gasteiger partial charge in [0, 0.05) is 16.6 Å². The van der Waals surface area contributed by atoms with Gasteiger partial charge in [-0.05, 0) is 87.3 Å². The summed E-state index contributed by atoms with van der Waals surface area (Å²) in [7, 11) is 1.67. The summed E-state index contributed by atoms with van der Waals surface area (Å²) in [6.07, 6.45) is 7.21. The number of anilines is 1. The summed E-state index contributed by atoms with van der Waals surface area (Å²) in [5.41, 5.74) is 2.37. The van der Waals surface area contributed by atoms with Crippen LogP contribution >= 0.6 is 11.3 Å². The molecule has 0 bridgehead atoms. The molecule has 1 unspecified atom stereocenters. The van der Waals surface area contributed by atoms with E-state index in [9.17, 15) is 4.79 Å². The van der Waals surface area contributed by atoms with E-state index in [-0.39, 0.29) is 11.9 Å². The van der Waals surface area contributed by atoms with Crippen LogP contribution in [0.25, 0.3) is 0 Å². The Kier molecular flexibility index (Phi) is 4.55. The second-order valence-corrected chi connectivity index (χ2v) is 8.35. The number of carbonyl (C=O) groups excluding carboxylic acids is 1. The standard InChI is InChI=1S/C21H25NO2S/c1-14(15-7-8-15)22(17-9-11-18(24-2)12-10-17)21(23)20-13-16-5-3-4-6-19(16)25-20/h9-15H,3-8H2,1-2H3. The van der Waals surface area contributed by atoms with E-state index < -0.39 is 0 Å². The lowest BCUT2D eigenvalue weighted by molar-refractivity contribution is 0.0979. The van der Waals surface area contributed by atoms with E-state index in [1.807, 2.05) is 29.2 Å². The molecule has 1 aromatic heterocycles. The first-order valence-electron chi connectivity index (χ1n) is 9.26. The molecule has 0 spiro atoms. The first kappa shape index (κ1) is 16.6. The normalized spacial score (nSPS) is 17.7. The molecule has 2 aliphatic rings. The molecule has 3 nitrogen and oxygen atoms in total. The maximum Gasteiger partial charge on any atom is 0.268 e. The van der Waals surface area contributed by atoms with Crippen molar-refractivity contribution in [2.24, 2.45) is 5.92 Å². The van der Waals surface area contributed by atoms with E-state index in [1.54, 1.807) is 18.4 Å². The van der Waals surface area contributed by atoms with Gasteiger partial charge in [0.1, 0.15) is 5.75 Å². The minimum absolute atomic E-state index is 0.156. The van der Waals surface area contributed by atoms with Crippen molar-refractivity contribution >= 4 is 22.9 Å². The first-order valence-corrected chi connectivity index (χ1v) is 10.1. The van der Waals surface area contributed by atoms with Gasteiger partial charge >= 0.3 is 0 Å². The average Bonchev–Trinajstić information content (AvgIpc) is 3.40. The van der Waals surface area contributed by atoms with Crippen molar-refractivity contribution in [1.29, 1.82) is 0 Å². The lowest BCUT2D eigenvalue weighted by Crippen LogP contribution is -2.39. The van der Waals surface area contributed by atoms with Crippen LogP contribution in [0.15, 0.2) is 30.3 Å². The molecule has 2 aliphatic carbocycles. The molecular formula is C21H25NO2S. The number of aryl methyl sites for hydroxylation is 2. The highest BCUT2D eigenvalue weighted by atomic mass is 32.1. The quantitative estimate of drug-likeness (QED) is 0.748. The third-order valence-corrected chi connectivity index (χ3v) is 6.71. The van der Waals surface area contributed by atoms with E-state index in [4.69, 9.17) is 4.74 Å². The molecule has 0 radical (unpaired) electrons. The summed E-state index contributed by atoms with van der Waals surface area (Å²) < 4.78 is 5.27. The summed E-state index contributed by atoms with van der Waals surface area (Å²) in [6.45, 7) is 2.19. The van der Waals surface area contributed by atoms with E-state index >= 15 is 0 Å². The molecule has 1 aromatic carbocycles. The molecule has 2 aromatic rings. The number of amides is 1. The number of benzene rings is 1. The van der Waals surface area contributed by atoms with Crippen LogP contribution < -0.4 is 9.64 Å². The van der Waals surface area contributed by atoms with E-state index in [1.165, 1.54) is 36.1 Å². The third-order valence-electron chi connectivity index (χ3n) is 5.49. The van der Waals surface area contributed by atoms with Crippen molar-refractivity contribution in [2.75, 3.05) is 12.0 Å². The fourth-order valence-corrected chi connectivity index (χ4v) is 4.98. The van der Waals surface area contributed by atoms with Crippen molar-refractivity contribution in [3.05, 3.63) is 45.6 Å². The summed E-state index contributed by atoms with van der Waals surface area (Å²) in [6, 6.07) is 10.3. The Morgan fingerprint density at radius 3 is 2.56 bits per heavy atom. The van der Waals surface area contributed by atoms with Gasteiger partial charge in [-0.1, -0.05) is 0 Å². The number of thiophene rings is 1. The highest BCUT2D eigenvalue weighted by molar-refractivity contribution is 7.14. The van der Waals surface area contributed by atoms with Crippen LogP contribution in [0.4, 0.5) is 5.69 Å². The van der Waals surface area contributed by atoms with Crippen molar-refractivity contribution in [2.45, 2.75) is 51.5 Å². The van der Waals surface area contributed by atoms with Gasteiger partial charge in [0.05, 0.1) is 12.0 Å². The molecule has 1 atom stereocenters. The summed E-state index contributed by atoms with van der Waals surface area (Å²) in [5, 5.41) is 0. The molecule has 1 heterocycles. The van der Waals surface area contributed by atoms with Crippen LogP contribution in [0.3, 0.4) is 0 Å². The number of fused-ring (bicyclic) bond motifs is 1. The maximum atomic E-state index is 13.4. The molecule has 1 amide bonds. The summed E-state index contributed by atoms with van der Waals surface area (Å²) >= 11 is 1.71.